The number of aryl methyl sites for hydroxylation is 1. The first-order valence-electron chi connectivity index (χ1n) is 14.6. The molecule has 9 heteroatoms. The van der Waals surface area contributed by atoms with Crippen LogP contribution in [0.25, 0.3) is 0 Å². The van der Waals surface area contributed by atoms with Crippen LogP contribution in [-0.2, 0) is 4.79 Å². The molecule has 1 aliphatic rings. The van der Waals surface area contributed by atoms with Crippen molar-refractivity contribution in [2.45, 2.75) is 78.9 Å². The van der Waals surface area contributed by atoms with E-state index in [1.807, 2.05) is 68.8 Å². The topological polar surface area (TPSA) is 90.3 Å². The summed E-state index contributed by atoms with van der Waals surface area (Å²) in [6.07, 6.45) is 3.12. The molecule has 0 aliphatic carbocycles. The molecular weight excluding hydrogens is 534 g/mol. The zero-order chi connectivity index (χ0) is 29.5. The predicted octanol–water partition coefficient (Wildman–Crippen LogP) is 7.54. The van der Waals surface area contributed by atoms with Crippen molar-refractivity contribution in [1.82, 2.24) is 14.8 Å². The van der Waals surface area contributed by atoms with Crippen LogP contribution in [0, 0.1) is 19.8 Å². The third-order valence-electron chi connectivity index (χ3n) is 7.20. The van der Waals surface area contributed by atoms with Gasteiger partial charge in [0.1, 0.15) is 6.04 Å². The number of anilines is 2. The van der Waals surface area contributed by atoms with E-state index >= 15 is 0 Å². The smallest absolute Gasteiger partial charge is 0.255 e. The fraction of sp³-hybridized carbons (Fsp3) is 0.469. The van der Waals surface area contributed by atoms with Crippen molar-refractivity contribution in [3.63, 3.8) is 0 Å². The van der Waals surface area contributed by atoms with E-state index in [4.69, 9.17) is 19.6 Å². The summed E-state index contributed by atoms with van der Waals surface area (Å²) < 4.78 is 14.0. The van der Waals surface area contributed by atoms with Gasteiger partial charge in [-0.25, -0.2) is 4.68 Å². The number of thioether (sulfide) groups is 1. The Bertz CT molecular complexity index is 1400. The molecule has 8 nitrogen and oxygen atoms in total. The molecule has 220 valence electrons. The van der Waals surface area contributed by atoms with E-state index in [2.05, 4.69) is 31.4 Å². The highest BCUT2D eigenvalue weighted by molar-refractivity contribution is 7.99. The van der Waals surface area contributed by atoms with Gasteiger partial charge in [-0.15, -0.1) is 5.10 Å². The number of hydrogen-bond donors (Lipinski definition) is 2. The average Bonchev–Trinajstić information content (AvgIpc) is 3.33. The largest absolute Gasteiger partial charge is 0.490 e. The Labute approximate surface area is 248 Å². The minimum absolute atomic E-state index is 0.189. The number of aromatic nitrogens is 3. The second kappa shape index (κ2) is 13.9. The summed E-state index contributed by atoms with van der Waals surface area (Å²) in [5, 5.41) is 12.1. The van der Waals surface area contributed by atoms with Crippen molar-refractivity contribution in [2.75, 3.05) is 29.6 Å². The summed E-state index contributed by atoms with van der Waals surface area (Å²) in [5.41, 5.74) is 5.13. The Morgan fingerprint density at radius 1 is 1.12 bits per heavy atom. The average molecular weight is 578 g/mol. The van der Waals surface area contributed by atoms with E-state index in [0.717, 1.165) is 53.1 Å². The maximum Gasteiger partial charge on any atom is 0.255 e. The lowest BCUT2D eigenvalue weighted by molar-refractivity contribution is -0.113. The zero-order valence-corrected chi connectivity index (χ0v) is 26.2. The molecule has 0 saturated carbocycles. The number of nitrogens with one attached hydrogen (secondary N) is 2. The van der Waals surface area contributed by atoms with Crippen LogP contribution in [0.4, 0.5) is 11.6 Å². The Morgan fingerprint density at radius 3 is 2.66 bits per heavy atom. The van der Waals surface area contributed by atoms with Gasteiger partial charge in [-0.2, -0.15) is 4.98 Å². The van der Waals surface area contributed by atoms with Gasteiger partial charge in [-0.05, 0) is 81.3 Å². The van der Waals surface area contributed by atoms with Gasteiger partial charge in [-0.3, -0.25) is 4.79 Å². The number of ether oxygens (including phenoxy) is 2. The van der Waals surface area contributed by atoms with E-state index in [1.54, 1.807) is 11.8 Å². The van der Waals surface area contributed by atoms with E-state index in [9.17, 15) is 4.79 Å². The highest BCUT2D eigenvalue weighted by Crippen LogP contribution is 2.40. The van der Waals surface area contributed by atoms with Crippen molar-refractivity contribution in [2.24, 2.45) is 5.92 Å². The molecule has 0 fully saturated rings. The SMILES string of the molecule is CCCCSc1nc2n(n1)C(c1ccc(OCC)c(OCCC(C)C)c1)C(C(=O)Nc1cccc(C)c1C)=C(C)N2. The van der Waals surface area contributed by atoms with Crippen LogP contribution in [0.1, 0.15) is 76.6 Å². The number of amides is 1. The zero-order valence-electron chi connectivity index (χ0n) is 25.3. The summed E-state index contributed by atoms with van der Waals surface area (Å²) in [5.74, 6) is 3.23. The van der Waals surface area contributed by atoms with E-state index in [0.29, 0.717) is 47.3 Å². The summed E-state index contributed by atoms with van der Waals surface area (Å²) in [6.45, 7) is 15.6. The number of hydrogen-bond acceptors (Lipinski definition) is 7. The van der Waals surface area contributed by atoms with Crippen LogP contribution < -0.4 is 20.1 Å². The first-order chi connectivity index (χ1) is 19.7. The third kappa shape index (κ3) is 7.25. The van der Waals surface area contributed by atoms with Crippen molar-refractivity contribution >= 4 is 29.3 Å². The molecule has 0 spiro atoms. The number of rotatable bonds is 13. The van der Waals surface area contributed by atoms with Crippen LogP contribution in [-0.4, -0.2) is 39.6 Å². The number of unbranched alkanes of at least 4 members (excludes halogenated alkanes) is 1. The van der Waals surface area contributed by atoms with Crippen molar-refractivity contribution < 1.29 is 14.3 Å². The number of nitrogens with zero attached hydrogens (tertiary/aromatic N) is 3. The second-order valence-electron chi connectivity index (χ2n) is 10.8. The third-order valence-corrected chi connectivity index (χ3v) is 8.12. The van der Waals surface area contributed by atoms with Gasteiger partial charge in [0.25, 0.3) is 5.91 Å². The molecule has 41 heavy (non-hydrogen) atoms. The molecule has 0 bridgehead atoms. The molecule has 0 saturated heterocycles. The Morgan fingerprint density at radius 2 is 1.93 bits per heavy atom. The molecule has 2 N–H and O–H groups in total. The fourth-order valence-electron chi connectivity index (χ4n) is 4.67. The minimum Gasteiger partial charge on any atom is -0.490 e. The number of carbonyl (C=O) groups is 1. The molecule has 1 amide bonds. The van der Waals surface area contributed by atoms with Crippen LogP contribution >= 0.6 is 11.8 Å². The lowest BCUT2D eigenvalue weighted by Gasteiger charge is -2.29. The van der Waals surface area contributed by atoms with Crippen LogP contribution in [0.2, 0.25) is 0 Å². The van der Waals surface area contributed by atoms with Crippen LogP contribution in [0.15, 0.2) is 52.8 Å². The molecule has 2 aromatic carbocycles. The maximum atomic E-state index is 14.0. The molecular formula is C32H43N5O3S. The van der Waals surface area contributed by atoms with Gasteiger partial charge < -0.3 is 20.1 Å². The summed E-state index contributed by atoms with van der Waals surface area (Å²) in [6, 6.07) is 11.3. The molecule has 4 rings (SSSR count). The fourth-order valence-corrected chi connectivity index (χ4v) is 5.58. The van der Waals surface area contributed by atoms with Crippen LogP contribution in [0.3, 0.4) is 0 Å². The molecule has 1 atom stereocenters. The minimum atomic E-state index is -0.507. The Balaban J connectivity index is 1.77. The predicted molar refractivity (Wildman–Crippen MR) is 167 cm³/mol. The van der Waals surface area contributed by atoms with Crippen molar-refractivity contribution in [3.05, 3.63) is 64.4 Å². The lowest BCUT2D eigenvalue weighted by atomic mass is 9.94. The van der Waals surface area contributed by atoms with Gasteiger partial charge in [0.2, 0.25) is 11.1 Å². The summed E-state index contributed by atoms with van der Waals surface area (Å²) in [7, 11) is 0. The van der Waals surface area contributed by atoms with Crippen molar-refractivity contribution in [1.29, 1.82) is 0 Å². The van der Waals surface area contributed by atoms with E-state index in [-0.39, 0.29) is 5.91 Å². The highest BCUT2D eigenvalue weighted by Gasteiger charge is 2.35. The quantitative estimate of drug-likeness (QED) is 0.160. The number of fused-ring (bicyclic) bond motifs is 1. The summed E-state index contributed by atoms with van der Waals surface area (Å²) >= 11 is 1.63. The van der Waals surface area contributed by atoms with Gasteiger partial charge in [-0.1, -0.05) is 57.2 Å². The monoisotopic (exact) mass is 577 g/mol. The molecule has 0 radical (unpaired) electrons. The van der Waals surface area contributed by atoms with Crippen molar-refractivity contribution in [3.8, 4) is 11.5 Å². The van der Waals surface area contributed by atoms with E-state index < -0.39 is 6.04 Å². The Hall–Kier alpha value is -3.46. The second-order valence-corrected chi connectivity index (χ2v) is 11.9. The summed E-state index contributed by atoms with van der Waals surface area (Å²) in [4.78, 5) is 18.8. The maximum absolute atomic E-state index is 14.0. The van der Waals surface area contributed by atoms with Gasteiger partial charge >= 0.3 is 0 Å². The normalized spacial score (nSPS) is 14.6. The molecule has 2 heterocycles. The first kappa shape index (κ1) is 30.5. The molecule has 1 aromatic heterocycles. The number of benzene rings is 2. The standard InChI is InChI=1S/C32H43N5O3S/c1-8-10-18-41-32-35-31-33-23(7)28(30(38)34-25-13-11-12-21(5)22(25)6)29(37(31)36-32)24-14-15-26(39-9-2)27(19-24)40-17-16-20(3)4/h11-15,19-20,29H,8-10,16-18H2,1-7H3,(H,34,38)(H,33,35,36). The van der Waals surface area contributed by atoms with Gasteiger partial charge in [0, 0.05) is 17.1 Å². The van der Waals surface area contributed by atoms with Gasteiger partial charge in [0.05, 0.1) is 18.8 Å². The number of carbonyl (C=O) groups excluding carboxylic acids is 1. The van der Waals surface area contributed by atoms with E-state index in [1.165, 1.54) is 0 Å². The first-order valence-corrected chi connectivity index (χ1v) is 15.6. The lowest BCUT2D eigenvalue weighted by Crippen LogP contribution is -2.31. The van der Waals surface area contributed by atoms with Gasteiger partial charge in [0.15, 0.2) is 11.5 Å². The molecule has 3 aromatic rings. The molecule has 1 aliphatic heterocycles. The van der Waals surface area contributed by atoms with Crippen LogP contribution in [0.5, 0.6) is 11.5 Å². The Kier molecular flexibility index (Phi) is 10.4. The number of allylic oxidation sites excluding steroid dienone is 1. The highest BCUT2D eigenvalue weighted by atomic mass is 32.2. The molecule has 1 unspecified atom stereocenters.